The Kier molecular flexibility index (Phi) is 2.65. The number of piperidine rings is 1. The predicted octanol–water partition coefficient (Wildman–Crippen LogP) is 2.08. The summed E-state index contributed by atoms with van der Waals surface area (Å²) >= 11 is 0. The van der Waals surface area contributed by atoms with Crippen LogP contribution in [-0.2, 0) is 0 Å². The number of oxime groups is 1. The molecule has 1 saturated carbocycles. The molecule has 1 saturated heterocycles. The molecule has 0 radical (unpaired) electrons. The third-order valence-corrected chi connectivity index (χ3v) is 4.25. The number of aryl methyl sites for hydroxylation is 1. The molecule has 2 unspecified atom stereocenters. The van der Waals surface area contributed by atoms with E-state index < -0.39 is 0 Å². The minimum absolute atomic E-state index is 0.205. The quantitative estimate of drug-likeness (QED) is 0.363. The van der Waals surface area contributed by atoms with Crippen LogP contribution < -0.4 is 10.6 Å². The van der Waals surface area contributed by atoms with Crippen molar-refractivity contribution < 1.29 is 5.21 Å². The minimum atomic E-state index is 0.205. The molecular formula is C14H19N3O. The van der Waals surface area contributed by atoms with Gasteiger partial charge in [0.1, 0.15) is 0 Å². The summed E-state index contributed by atoms with van der Waals surface area (Å²) in [7, 11) is 0. The number of hydrogen-bond acceptors (Lipinski definition) is 3. The van der Waals surface area contributed by atoms with Crippen molar-refractivity contribution in [2.24, 2.45) is 16.8 Å². The molecule has 0 aromatic heterocycles. The molecule has 4 heteroatoms. The Morgan fingerprint density at radius 2 is 2.28 bits per heavy atom. The highest BCUT2D eigenvalue weighted by molar-refractivity contribution is 6.02. The monoisotopic (exact) mass is 245 g/mol. The normalized spacial score (nSPS) is 26.9. The second-order valence-corrected chi connectivity index (χ2v) is 5.49. The van der Waals surface area contributed by atoms with Gasteiger partial charge in [-0.3, -0.25) is 0 Å². The Morgan fingerprint density at radius 3 is 2.89 bits per heavy atom. The van der Waals surface area contributed by atoms with Gasteiger partial charge in [-0.25, -0.2) is 0 Å². The lowest BCUT2D eigenvalue weighted by molar-refractivity contribution is 0.318. The second-order valence-electron chi connectivity index (χ2n) is 5.49. The van der Waals surface area contributed by atoms with Crippen LogP contribution >= 0.6 is 0 Å². The van der Waals surface area contributed by atoms with E-state index in [1.807, 2.05) is 13.0 Å². The van der Waals surface area contributed by atoms with Gasteiger partial charge < -0.3 is 15.8 Å². The van der Waals surface area contributed by atoms with Gasteiger partial charge in [-0.1, -0.05) is 16.8 Å². The smallest absolute Gasteiger partial charge is 0.172 e. The van der Waals surface area contributed by atoms with E-state index in [1.165, 1.54) is 19.3 Å². The first-order chi connectivity index (χ1) is 8.69. The summed E-state index contributed by atoms with van der Waals surface area (Å²) < 4.78 is 0. The molecule has 18 heavy (non-hydrogen) atoms. The van der Waals surface area contributed by atoms with Gasteiger partial charge in [-0.15, -0.1) is 0 Å². The molecule has 1 aliphatic carbocycles. The fraction of sp³-hybridized carbons (Fsp3) is 0.500. The fourth-order valence-corrected chi connectivity index (χ4v) is 3.38. The third-order valence-electron chi connectivity index (χ3n) is 4.25. The molecule has 0 amide bonds. The fourth-order valence-electron chi connectivity index (χ4n) is 3.38. The molecule has 2 bridgehead atoms. The van der Waals surface area contributed by atoms with Crippen LogP contribution in [-0.4, -0.2) is 23.6 Å². The lowest BCUT2D eigenvalue weighted by Gasteiger charge is -2.31. The Bertz CT molecular complexity index is 498. The molecule has 1 aromatic carbocycles. The number of amidine groups is 1. The molecule has 0 spiro atoms. The van der Waals surface area contributed by atoms with Crippen LogP contribution in [0.25, 0.3) is 0 Å². The predicted molar refractivity (Wildman–Crippen MR) is 72.2 cm³/mol. The minimum Gasteiger partial charge on any atom is -0.409 e. The zero-order valence-corrected chi connectivity index (χ0v) is 10.6. The first kappa shape index (κ1) is 11.4. The van der Waals surface area contributed by atoms with Gasteiger partial charge in [0.05, 0.1) is 0 Å². The maximum absolute atomic E-state index is 8.92. The van der Waals surface area contributed by atoms with Crippen LogP contribution in [0.5, 0.6) is 0 Å². The molecule has 2 atom stereocenters. The zero-order chi connectivity index (χ0) is 12.7. The summed E-state index contributed by atoms with van der Waals surface area (Å²) in [6.07, 6.45) is 3.92. The Hall–Kier alpha value is -1.71. The Balaban J connectivity index is 2.01. The number of fused-ring (bicyclic) bond motifs is 2. The average Bonchev–Trinajstić information content (AvgIpc) is 3.00. The van der Waals surface area contributed by atoms with Gasteiger partial charge in [-0.05, 0) is 44.2 Å². The molecule has 4 nitrogen and oxygen atoms in total. The van der Waals surface area contributed by atoms with Crippen molar-refractivity contribution in [2.45, 2.75) is 32.2 Å². The number of rotatable bonds is 2. The van der Waals surface area contributed by atoms with Gasteiger partial charge in [0, 0.05) is 23.8 Å². The molecule has 3 rings (SSSR count). The summed E-state index contributed by atoms with van der Waals surface area (Å²) in [6.45, 7) is 3.13. The van der Waals surface area contributed by atoms with E-state index >= 15 is 0 Å². The van der Waals surface area contributed by atoms with Gasteiger partial charge in [0.15, 0.2) is 5.84 Å². The van der Waals surface area contributed by atoms with Crippen molar-refractivity contribution in [3.05, 3.63) is 29.3 Å². The van der Waals surface area contributed by atoms with Crippen molar-refractivity contribution in [3.63, 3.8) is 0 Å². The molecule has 2 fully saturated rings. The lowest BCUT2D eigenvalue weighted by atomic mass is 10.0. The van der Waals surface area contributed by atoms with Crippen molar-refractivity contribution in [1.82, 2.24) is 0 Å². The number of anilines is 1. The van der Waals surface area contributed by atoms with Crippen molar-refractivity contribution in [1.29, 1.82) is 0 Å². The lowest BCUT2D eigenvalue weighted by Crippen LogP contribution is -2.33. The summed E-state index contributed by atoms with van der Waals surface area (Å²) in [6, 6.07) is 6.83. The van der Waals surface area contributed by atoms with Crippen LogP contribution in [0.4, 0.5) is 5.69 Å². The second kappa shape index (κ2) is 4.19. The van der Waals surface area contributed by atoms with E-state index in [2.05, 4.69) is 22.2 Å². The van der Waals surface area contributed by atoms with Crippen molar-refractivity contribution in [2.75, 3.05) is 11.4 Å². The first-order valence-corrected chi connectivity index (χ1v) is 6.54. The summed E-state index contributed by atoms with van der Waals surface area (Å²) in [4.78, 5) is 2.43. The molecule has 1 aromatic rings. The molecule has 1 heterocycles. The highest BCUT2D eigenvalue weighted by atomic mass is 16.4. The zero-order valence-electron chi connectivity index (χ0n) is 10.6. The average molecular weight is 245 g/mol. The molecular weight excluding hydrogens is 226 g/mol. The molecule has 3 N–H and O–H groups in total. The SMILES string of the molecule is Cc1ccc(N2CC3CCC2C3)c(/C(N)=N/O)c1. The van der Waals surface area contributed by atoms with Gasteiger partial charge in [0.2, 0.25) is 0 Å². The maximum Gasteiger partial charge on any atom is 0.172 e. The maximum atomic E-state index is 8.92. The topological polar surface area (TPSA) is 61.8 Å². The van der Waals surface area contributed by atoms with E-state index in [1.54, 1.807) is 0 Å². The summed E-state index contributed by atoms with van der Waals surface area (Å²) in [5.41, 5.74) is 8.90. The van der Waals surface area contributed by atoms with Crippen LogP contribution in [0, 0.1) is 12.8 Å². The van der Waals surface area contributed by atoms with Crippen molar-refractivity contribution in [3.8, 4) is 0 Å². The number of benzene rings is 1. The first-order valence-electron chi connectivity index (χ1n) is 6.54. The Morgan fingerprint density at radius 1 is 1.44 bits per heavy atom. The summed E-state index contributed by atoms with van der Waals surface area (Å²) in [5.74, 6) is 1.04. The molecule has 1 aliphatic heterocycles. The highest BCUT2D eigenvalue weighted by Crippen LogP contribution is 2.41. The van der Waals surface area contributed by atoms with E-state index in [4.69, 9.17) is 10.9 Å². The van der Waals surface area contributed by atoms with E-state index in [0.717, 1.165) is 29.3 Å². The van der Waals surface area contributed by atoms with Crippen LogP contribution in [0.3, 0.4) is 0 Å². The number of nitrogens with zero attached hydrogens (tertiary/aromatic N) is 2. The van der Waals surface area contributed by atoms with Gasteiger partial charge >= 0.3 is 0 Å². The van der Waals surface area contributed by atoms with E-state index in [9.17, 15) is 0 Å². The molecule has 96 valence electrons. The summed E-state index contributed by atoms with van der Waals surface area (Å²) in [5, 5.41) is 12.1. The number of nitrogens with two attached hydrogens (primary N) is 1. The van der Waals surface area contributed by atoms with Gasteiger partial charge in [0.25, 0.3) is 0 Å². The highest BCUT2D eigenvalue weighted by Gasteiger charge is 2.38. The third kappa shape index (κ3) is 1.72. The Labute approximate surface area is 107 Å². The van der Waals surface area contributed by atoms with Gasteiger partial charge in [-0.2, -0.15) is 0 Å². The standard InChI is InChI=1S/C14H19N3O/c1-9-2-5-13(12(6-9)14(15)16-18)17-8-10-3-4-11(17)7-10/h2,5-6,10-11,18H,3-4,7-8H2,1H3,(H2,15,16). The van der Waals surface area contributed by atoms with Crippen LogP contribution in [0.1, 0.15) is 30.4 Å². The van der Waals surface area contributed by atoms with E-state index in [-0.39, 0.29) is 5.84 Å². The molecule has 2 aliphatic rings. The largest absolute Gasteiger partial charge is 0.409 e. The van der Waals surface area contributed by atoms with E-state index in [0.29, 0.717) is 6.04 Å². The number of hydrogen-bond donors (Lipinski definition) is 2. The van der Waals surface area contributed by atoms with Crippen LogP contribution in [0.15, 0.2) is 23.4 Å². The van der Waals surface area contributed by atoms with Crippen molar-refractivity contribution >= 4 is 11.5 Å². The van der Waals surface area contributed by atoms with Crippen LogP contribution in [0.2, 0.25) is 0 Å².